The molecule has 0 saturated heterocycles. The second-order valence-electron chi connectivity index (χ2n) is 6.95. The maximum Gasteiger partial charge on any atom is 0.274 e. The van der Waals surface area contributed by atoms with Gasteiger partial charge in [-0.25, -0.2) is 0 Å². The third-order valence-corrected chi connectivity index (χ3v) is 5.04. The highest BCUT2D eigenvalue weighted by molar-refractivity contribution is 5.94. The lowest BCUT2D eigenvalue weighted by Gasteiger charge is -2.28. The number of H-pyrrole nitrogens is 1. The summed E-state index contributed by atoms with van der Waals surface area (Å²) in [4.78, 5) is 14.6. The molecule has 3 rings (SSSR count). The van der Waals surface area contributed by atoms with Crippen molar-refractivity contribution in [1.82, 2.24) is 15.1 Å². The molecule has 0 aromatic carbocycles. The SMILES string of the molecule is C[C@@H]1Cc2c(C(=O)N(C)CC3CCCCC3)n[nH]c2[C@H](C)O1. The lowest BCUT2D eigenvalue weighted by molar-refractivity contribution is -0.00701. The first kappa shape index (κ1) is 15.5. The number of hydrogen-bond donors (Lipinski definition) is 1. The first-order valence-corrected chi connectivity index (χ1v) is 8.54. The van der Waals surface area contributed by atoms with Gasteiger partial charge in [-0.3, -0.25) is 9.89 Å². The van der Waals surface area contributed by atoms with Gasteiger partial charge in [0.2, 0.25) is 0 Å². The molecule has 0 radical (unpaired) electrons. The lowest BCUT2D eigenvalue weighted by atomic mass is 9.89. The number of rotatable bonds is 3. The van der Waals surface area contributed by atoms with E-state index in [1.165, 1.54) is 32.1 Å². The molecule has 122 valence electrons. The molecule has 1 fully saturated rings. The average molecular weight is 305 g/mol. The summed E-state index contributed by atoms with van der Waals surface area (Å²) in [7, 11) is 1.91. The molecule has 1 aliphatic carbocycles. The van der Waals surface area contributed by atoms with Crippen LogP contribution in [0.3, 0.4) is 0 Å². The molecular weight excluding hydrogens is 278 g/mol. The molecule has 5 nitrogen and oxygen atoms in total. The van der Waals surface area contributed by atoms with Crippen molar-refractivity contribution < 1.29 is 9.53 Å². The molecule has 0 unspecified atom stereocenters. The quantitative estimate of drug-likeness (QED) is 0.933. The third-order valence-electron chi connectivity index (χ3n) is 5.04. The van der Waals surface area contributed by atoms with E-state index in [0.29, 0.717) is 11.6 Å². The van der Waals surface area contributed by atoms with Gasteiger partial charge >= 0.3 is 0 Å². The lowest BCUT2D eigenvalue weighted by Crippen LogP contribution is -2.34. The van der Waals surface area contributed by atoms with Crippen molar-refractivity contribution in [3.63, 3.8) is 0 Å². The van der Waals surface area contributed by atoms with Crippen LogP contribution in [0, 0.1) is 5.92 Å². The molecule has 22 heavy (non-hydrogen) atoms. The fourth-order valence-electron chi connectivity index (χ4n) is 3.87. The topological polar surface area (TPSA) is 58.2 Å². The molecule has 5 heteroatoms. The Morgan fingerprint density at radius 3 is 2.77 bits per heavy atom. The second kappa shape index (κ2) is 6.41. The van der Waals surface area contributed by atoms with Crippen molar-refractivity contribution in [2.45, 2.75) is 64.6 Å². The molecular formula is C17H27N3O2. The number of nitrogens with zero attached hydrogens (tertiary/aromatic N) is 2. The Kier molecular flexibility index (Phi) is 4.52. The smallest absolute Gasteiger partial charge is 0.274 e. The van der Waals surface area contributed by atoms with Crippen molar-refractivity contribution in [3.8, 4) is 0 Å². The van der Waals surface area contributed by atoms with Gasteiger partial charge in [-0.15, -0.1) is 0 Å². The zero-order valence-corrected chi connectivity index (χ0v) is 13.9. The summed E-state index contributed by atoms with van der Waals surface area (Å²) in [6.07, 6.45) is 7.32. The average Bonchev–Trinajstić information content (AvgIpc) is 2.91. The third kappa shape index (κ3) is 3.05. The molecule has 1 saturated carbocycles. The minimum absolute atomic E-state index is 0.0172. The minimum atomic E-state index is -0.0172. The second-order valence-corrected chi connectivity index (χ2v) is 6.95. The predicted molar refractivity (Wildman–Crippen MR) is 84.8 cm³/mol. The van der Waals surface area contributed by atoms with E-state index in [4.69, 9.17) is 4.74 Å². The van der Waals surface area contributed by atoms with E-state index in [2.05, 4.69) is 10.2 Å². The fraction of sp³-hybridized carbons (Fsp3) is 0.765. The van der Waals surface area contributed by atoms with Gasteiger partial charge in [0, 0.05) is 25.6 Å². The van der Waals surface area contributed by atoms with Gasteiger partial charge < -0.3 is 9.64 Å². The van der Waals surface area contributed by atoms with Crippen molar-refractivity contribution >= 4 is 5.91 Å². The zero-order chi connectivity index (χ0) is 15.7. The number of aromatic nitrogens is 2. The number of amides is 1. The Morgan fingerprint density at radius 2 is 2.05 bits per heavy atom. The van der Waals surface area contributed by atoms with Gasteiger partial charge in [-0.1, -0.05) is 19.3 Å². The molecule has 2 aliphatic rings. The molecule has 2 heterocycles. The standard InChI is InChI=1S/C17H27N3O2/c1-11-9-14-15(12(2)22-11)18-19-16(14)17(21)20(3)10-13-7-5-4-6-8-13/h11-13H,4-10H2,1-3H3,(H,18,19)/t11-,12+/m1/s1. The zero-order valence-electron chi connectivity index (χ0n) is 13.9. The Balaban J connectivity index is 1.72. The van der Waals surface area contributed by atoms with E-state index < -0.39 is 0 Å². The number of nitrogens with one attached hydrogen (secondary N) is 1. The number of aromatic amines is 1. The van der Waals surface area contributed by atoms with Gasteiger partial charge in [-0.2, -0.15) is 5.10 Å². The van der Waals surface area contributed by atoms with Crippen LogP contribution in [0.1, 0.15) is 73.8 Å². The monoisotopic (exact) mass is 305 g/mol. The largest absolute Gasteiger partial charge is 0.369 e. The van der Waals surface area contributed by atoms with E-state index >= 15 is 0 Å². The minimum Gasteiger partial charge on any atom is -0.369 e. The van der Waals surface area contributed by atoms with E-state index in [9.17, 15) is 4.79 Å². The van der Waals surface area contributed by atoms with E-state index in [0.717, 1.165) is 24.2 Å². The Labute approximate surface area is 132 Å². The summed E-state index contributed by atoms with van der Waals surface area (Å²) in [5.41, 5.74) is 2.61. The molecule has 2 atom stereocenters. The maximum atomic E-state index is 12.8. The van der Waals surface area contributed by atoms with Crippen LogP contribution in [0.2, 0.25) is 0 Å². The van der Waals surface area contributed by atoms with Crippen LogP contribution < -0.4 is 0 Å². The number of fused-ring (bicyclic) bond motifs is 1. The van der Waals surface area contributed by atoms with E-state index in [-0.39, 0.29) is 18.1 Å². The Bertz CT molecular complexity index is 534. The maximum absolute atomic E-state index is 12.8. The summed E-state index contributed by atoms with van der Waals surface area (Å²) >= 11 is 0. The molecule has 0 spiro atoms. The normalized spacial score (nSPS) is 25.8. The molecule has 1 aliphatic heterocycles. The Morgan fingerprint density at radius 1 is 1.32 bits per heavy atom. The van der Waals surface area contributed by atoms with E-state index in [1.807, 2.05) is 25.8 Å². The number of carbonyl (C=O) groups is 1. The van der Waals surface area contributed by atoms with Gasteiger partial charge in [-0.05, 0) is 32.6 Å². The van der Waals surface area contributed by atoms with Crippen LogP contribution in [0.15, 0.2) is 0 Å². The molecule has 1 aromatic rings. The fourth-order valence-corrected chi connectivity index (χ4v) is 3.87. The van der Waals surface area contributed by atoms with Crippen LogP contribution in [-0.4, -0.2) is 40.7 Å². The summed E-state index contributed by atoms with van der Waals surface area (Å²) < 4.78 is 5.79. The van der Waals surface area contributed by atoms with Crippen LogP contribution in [-0.2, 0) is 11.2 Å². The van der Waals surface area contributed by atoms with Crippen LogP contribution in [0.5, 0.6) is 0 Å². The first-order chi connectivity index (χ1) is 10.6. The van der Waals surface area contributed by atoms with Gasteiger partial charge in [0.05, 0.1) is 17.9 Å². The molecule has 1 aromatic heterocycles. The molecule has 1 amide bonds. The summed E-state index contributed by atoms with van der Waals surface area (Å²) in [5.74, 6) is 0.697. The van der Waals surface area contributed by atoms with Crippen molar-refractivity contribution in [1.29, 1.82) is 0 Å². The molecule has 0 bridgehead atoms. The van der Waals surface area contributed by atoms with Gasteiger partial charge in [0.25, 0.3) is 5.91 Å². The highest BCUT2D eigenvalue weighted by atomic mass is 16.5. The summed E-state index contributed by atoms with van der Waals surface area (Å²) in [5, 5.41) is 7.31. The van der Waals surface area contributed by atoms with Crippen molar-refractivity contribution in [2.24, 2.45) is 5.92 Å². The summed E-state index contributed by atoms with van der Waals surface area (Å²) in [6, 6.07) is 0. The van der Waals surface area contributed by atoms with Crippen molar-refractivity contribution in [3.05, 3.63) is 17.0 Å². The first-order valence-electron chi connectivity index (χ1n) is 8.54. The van der Waals surface area contributed by atoms with Crippen LogP contribution >= 0.6 is 0 Å². The van der Waals surface area contributed by atoms with Crippen molar-refractivity contribution in [2.75, 3.05) is 13.6 Å². The van der Waals surface area contributed by atoms with E-state index in [1.54, 1.807) is 0 Å². The predicted octanol–water partition coefficient (Wildman–Crippen LogP) is 3.08. The number of ether oxygens (including phenoxy) is 1. The Hall–Kier alpha value is -1.36. The molecule has 1 N–H and O–H groups in total. The number of carbonyl (C=O) groups excluding carboxylic acids is 1. The van der Waals surface area contributed by atoms with Gasteiger partial charge in [0.15, 0.2) is 5.69 Å². The number of hydrogen-bond acceptors (Lipinski definition) is 3. The highest BCUT2D eigenvalue weighted by Gasteiger charge is 2.31. The van der Waals surface area contributed by atoms with Gasteiger partial charge in [0.1, 0.15) is 0 Å². The van der Waals surface area contributed by atoms with Crippen LogP contribution in [0.25, 0.3) is 0 Å². The summed E-state index contributed by atoms with van der Waals surface area (Å²) in [6.45, 7) is 4.90. The van der Waals surface area contributed by atoms with Crippen LogP contribution in [0.4, 0.5) is 0 Å². The highest BCUT2D eigenvalue weighted by Crippen LogP contribution is 2.31.